The average molecular weight is 362 g/mol. The molecule has 6 heteroatoms. The first-order valence-electron chi connectivity index (χ1n) is 9.45. The number of piperazine rings is 1. The van der Waals surface area contributed by atoms with Crippen LogP contribution < -0.4 is 0 Å². The quantitative estimate of drug-likeness (QED) is 0.807. The van der Waals surface area contributed by atoms with E-state index < -0.39 is 0 Å². The maximum Gasteiger partial charge on any atom is 0.409 e. The number of benzene rings is 1. The molecule has 2 fully saturated rings. The largest absolute Gasteiger partial charge is 0.450 e. The van der Waals surface area contributed by atoms with Gasteiger partial charge in [0.05, 0.1) is 6.61 Å². The summed E-state index contributed by atoms with van der Waals surface area (Å²) in [6.45, 7) is 6.00. The van der Waals surface area contributed by atoms with Gasteiger partial charge in [-0.2, -0.15) is 0 Å². The zero-order valence-electron chi connectivity index (χ0n) is 15.5. The maximum absolute atomic E-state index is 13.6. The van der Waals surface area contributed by atoms with Crippen molar-refractivity contribution in [2.45, 2.75) is 39.0 Å². The molecule has 0 spiro atoms. The molecule has 1 saturated heterocycles. The van der Waals surface area contributed by atoms with Crippen LogP contribution in [0.2, 0.25) is 0 Å². The summed E-state index contributed by atoms with van der Waals surface area (Å²) in [6, 6.07) is 5.20. The second-order valence-electron chi connectivity index (χ2n) is 7.22. The lowest BCUT2D eigenvalue weighted by molar-refractivity contribution is -0.133. The van der Waals surface area contributed by atoms with Crippen LogP contribution in [0.3, 0.4) is 0 Å². The predicted octanol–water partition coefficient (Wildman–Crippen LogP) is 3.32. The predicted molar refractivity (Wildman–Crippen MR) is 96.4 cm³/mol. The van der Waals surface area contributed by atoms with Crippen molar-refractivity contribution >= 4 is 12.0 Å². The monoisotopic (exact) mass is 362 g/mol. The number of rotatable bonds is 5. The van der Waals surface area contributed by atoms with E-state index in [2.05, 4.69) is 0 Å². The van der Waals surface area contributed by atoms with E-state index in [1.807, 2.05) is 17.0 Å². The second kappa shape index (κ2) is 8.06. The summed E-state index contributed by atoms with van der Waals surface area (Å²) in [6.07, 6.45) is 2.41. The summed E-state index contributed by atoms with van der Waals surface area (Å²) < 4.78 is 18.6. The molecule has 26 heavy (non-hydrogen) atoms. The normalized spacial score (nSPS) is 18.6. The summed E-state index contributed by atoms with van der Waals surface area (Å²) in [7, 11) is 0. The lowest BCUT2D eigenvalue weighted by Gasteiger charge is -2.34. The van der Waals surface area contributed by atoms with Crippen LogP contribution in [0.5, 0.6) is 0 Å². The highest BCUT2D eigenvalue weighted by atomic mass is 19.1. The molecular formula is C20H27FN2O3. The minimum absolute atomic E-state index is 0.118. The number of carbonyl (C=O) groups is 2. The molecule has 5 nitrogen and oxygen atoms in total. The average Bonchev–Trinajstić information content (AvgIpc) is 3.47. The Morgan fingerprint density at radius 3 is 2.42 bits per heavy atom. The summed E-state index contributed by atoms with van der Waals surface area (Å²) in [5, 5.41) is 0. The van der Waals surface area contributed by atoms with Crippen LogP contribution in [-0.4, -0.2) is 54.6 Å². The van der Waals surface area contributed by atoms with Gasteiger partial charge in [0, 0.05) is 32.6 Å². The summed E-state index contributed by atoms with van der Waals surface area (Å²) in [4.78, 5) is 28.0. The van der Waals surface area contributed by atoms with Gasteiger partial charge < -0.3 is 14.5 Å². The molecule has 1 saturated carbocycles. The number of halogens is 1. The summed E-state index contributed by atoms with van der Waals surface area (Å²) >= 11 is 0. The Balaban J connectivity index is 1.59. The van der Waals surface area contributed by atoms with Crippen molar-refractivity contribution in [3.8, 4) is 0 Å². The van der Waals surface area contributed by atoms with Gasteiger partial charge in [-0.15, -0.1) is 0 Å². The van der Waals surface area contributed by atoms with Gasteiger partial charge in [0.25, 0.3) is 0 Å². The Morgan fingerprint density at radius 2 is 1.85 bits per heavy atom. The molecule has 0 aromatic heterocycles. The minimum Gasteiger partial charge on any atom is -0.450 e. The molecule has 0 radical (unpaired) electrons. The summed E-state index contributed by atoms with van der Waals surface area (Å²) in [5.41, 5.74) is 1.69. The van der Waals surface area contributed by atoms with Gasteiger partial charge in [-0.05, 0) is 55.7 Å². The third kappa shape index (κ3) is 4.34. The molecule has 142 valence electrons. The molecule has 1 aliphatic carbocycles. The van der Waals surface area contributed by atoms with E-state index in [4.69, 9.17) is 4.74 Å². The second-order valence-corrected chi connectivity index (χ2v) is 7.22. The zero-order chi connectivity index (χ0) is 18.7. The Hall–Kier alpha value is -2.11. The fourth-order valence-corrected chi connectivity index (χ4v) is 3.62. The van der Waals surface area contributed by atoms with E-state index in [0.717, 1.165) is 18.4 Å². The van der Waals surface area contributed by atoms with E-state index in [9.17, 15) is 14.0 Å². The van der Waals surface area contributed by atoms with E-state index in [1.54, 1.807) is 18.7 Å². The van der Waals surface area contributed by atoms with E-state index in [-0.39, 0.29) is 23.7 Å². The van der Waals surface area contributed by atoms with Crippen LogP contribution in [-0.2, 0) is 9.53 Å². The Morgan fingerprint density at radius 1 is 1.19 bits per heavy atom. The molecule has 1 aliphatic heterocycles. The minimum atomic E-state index is -0.308. The number of hydrogen-bond donors (Lipinski definition) is 0. The third-order valence-electron chi connectivity index (χ3n) is 5.35. The van der Waals surface area contributed by atoms with Gasteiger partial charge in [0.15, 0.2) is 0 Å². The number of ether oxygens (including phenoxy) is 1. The maximum atomic E-state index is 13.6. The standard InChI is InChI=1S/C20H27FN2O3/c1-3-26-20(25)23-10-8-22(9-11-23)19(24)13-17(15-4-5-15)16-6-7-18(21)14(2)12-16/h6-7,12,15,17H,3-5,8-11,13H2,1-2H3. The van der Waals surface area contributed by atoms with Crippen molar-refractivity contribution in [1.29, 1.82) is 0 Å². The molecule has 3 rings (SSSR count). The van der Waals surface area contributed by atoms with E-state index in [1.165, 1.54) is 6.07 Å². The molecular weight excluding hydrogens is 335 g/mol. The van der Waals surface area contributed by atoms with Crippen LogP contribution in [0.25, 0.3) is 0 Å². The van der Waals surface area contributed by atoms with Crippen molar-refractivity contribution in [1.82, 2.24) is 9.80 Å². The van der Waals surface area contributed by atoms with Gasteiger partial charge >= 0.3 is 6.09 Å². The zero-order valence-corrected chi connectivity index (χ0v) is 15.5. The molecule has 2 amide bonds. The van der Waals surface area contributed by atoms with Crippen LogP contribution in [0.1, 0.15) is 43.2 Å². The van der Waals surface area contributed by atoms with E-state index in [0.29, 0.717) is 50.7 Å². The van der Waals surface area contributed by atoms with Crippen LogP contribution in [0.15, 0.2) is 18.2 Å². The van der Waals surface area contributed by atoms with Crippen molar-refractivity contribution in [3.05, 3.63) is 35.1 Å². The number of aryl methyl sites for hydroxylation is 1. The van der Waals surface area contributed by atoms with Crippen LogP contribution in [0.4, 0.5) is 9.18 Å². The number of amides is 2. The highest BCUT2D eigenvalue weighted by Gasteiger charge is 2.35. The van der Waals surface area contributed by atoms with Gasteiger partial charge in [-0.25, -0.2) is 9.18 Å². The molecule has 0 bridgehead atoms. The molecule has 1 aromatic carbocycles. The SMILES string of the molecule is CCOC(=O)N1CCN(C(=O)CC(c2ccc(F)c(C)c2)C2CC2)CC1. The molecule has 1 atom stereocenters. The first kappa shape index (κ1) is 18.7. The van der Waals surface area contributed by atoms with Gasteiger partial charge in [0.1, 0.15) is 5.82 Å². The molecule has 0 N–H and O–H groups in total. The van der Waals surface area contributed by atoms with Crippen molar-refractivity contribution in [2.24, 2.45) is 5.92 Å². The van der Waals surface area contributed by atoms with Gasteiger partial charge in [-0.1, -0.05) is 12.1 Å². The third-order valence-corrected chi connectivity index (χ3v) is 5.35. The number of hydrogen-bond acceptors (Lipinski definition) is 3. The topological polar surface area (TPSA) is 49.9 Å². The fraction of sp³-hybridized carbons (Fsp3) is 0.600. The van der Waals surface area contributed by atoms with Gasteiger partial charge in [-0.3, -0.25) is 4.79 Å². The van der Waals surface area contributed by atoms with Crippen molar-refractivity contribution in [3.63, 3.8) is 0 Å². The lowest BCUT2D eigenvalue weighted by Crippen LogP contribution is -2.51. The highest BCUT2D eigenvalue weighted by Crippen LogP contribution is 2.45. The molecule has 1 unspecified atom stereocenters. The molecule has 2 aliphatic rings. The van der Waals surface area contributed by atoms with Crippen molar-refractivity contribution in [2.75, 3.05) is 32.8 Å². The molecule has 1 heterocycles. The van der Waals surface area contributed by atoms with Crippen LogP contribution >= 0.6 is 0 Å². The fourth-order valence-electron chi connectivity index (χ4n) is 3.62. The first-order valence-corrected chi connectivity index (χ1v) is 9.45. The lowest BCUT2D eigenvalue weighted by atomic mass is 9.89. The van der Waals surface area contributed by atoms with E-state index >= 15 is 0 Å². The highest BCUT2D eigenvalue weighted by molar-refractivity contribution is 5.78. The smallest absolute Gasteiger partial charge is 0.409 e. The van der Waals surface area contributed by atoms with Gasteiger partial charge in [0.2, 0.25) is 5.91 Å². The van der Waals surface area contributed by atoms with Crippen LogP contribution in [0, 0.1) is 18.7 Å². The van der Waals surface area contributed by atoms with Crippen molar-refractivity contribution < 1.29 is 18.7 Å². The number of nitrogens with zero attached hydrogens (tertiary/aromatic N) is 2. The molecule has 1 aromatic rings. The Kier molecular flexibility index (Phi) is 5.79. The Labute approximate surface area is 154 Å². The summed E-state index contributed by atoms with van der Waals surface area (Å²) in [5.74, 6) is 0.589. The number of carbonyl (C=O) groups excluding carboxylic acids is 2. The first-order chi connectivity index (χ1) is 12.5. The Bertz CT molecular complexity index is 667.